The van der Waals surface area contributed by atoms with Gasteiger partial charge in [-0.25, -0.2) is 13.1 Å². The molecule has 116 valence electrons. The molecule has 0 unspecified atom stereocenters. The number of carbonyl (C=O) groups excluding carboxylic acids is 1. The maximum absolute atomic E-state index is 12.4. The number of hydrogen-bond donors (Lipinski definition) is 3. The highest BCUT2D eigenvalue weighted by Gasteiger charge is 2.23. The number of amides is 1. The first kappa shape index (κ1) is 15.7. The Morgan fingerprint density at radius 1 is 1.38 bits per heavy atom. The molecule has 1 aliphatic rings. The van der Waals surface area contributed by atoms with Gasteiger partial charge in [0.2, 0.25) is 10.0 Å². The molecule has 0 aromatic heterocycles. The van der Waals surface area contributed by atoms with Crippen LogP contribution in [0.5, 0.6) is 5.75 Å². The van der Waals surface area contributed by atoms with E-state index in [1.54, 1.807) is 0 Å². The molecule has 0 saturated carbocycles. The van der Waals surface area contributed by atoms with Gasteiger partial charge in [-0.15, -0.1) is 0 Å². The van der Waals surface area contributed by atoms with Gasteiger partial charge in [0.1, 0.15) is 5.75 Å². The van der Waals surface area contributed by atoms with Crippen molar-refractivity contribution < 1.29 is 17.9 Å². The van der Waals surface area contributed by atoms with E-state index in [4.69, 9.17) is 10.5 Å². The summed E-state index contributed by atoms with van der Waals surface area (Å²) in [5.41, 5.74) is 5.29. The highest BCUT2D eigenvalue weighted by molar-refractivity contribution is 7.89. The van der Waals surface area contributed by atoms with Crippen molar-refractivity contribution in [3.8, 4) is 5.75 Å². The number of hydrogen-bond acceptors (Lipinski definition) is 5. The minimum atomic E-state index is -3.68. The van der Waals surface area contributed by atoms with Crippen molar-refractivity contribution in [1.29, 1.82) is 0 Å². The predicted octanol–water partition coefficient (Wildman–Crippen LogP) is -0.176. The standard InChI is InChI=1S/C13H19N3O4S/c1-20-12-3-2-10(8-11(12)13(14)17)21(18,19)16-9-4-6-15-7-5-9/h2-3,8-9,15-16H,4-7H2,1H3,(H2,14,17). The Kier molecular flexibility index (Phi) is 4.81. The molecule has 4 N–H and O–H groups in total. The Bertz CT molecular complexity index is 624. The van der Waals surface area contributed by atoms with E-state index in [1.807, 2.05) is 0 Å². The number of benzene rings is 1. The molecule has 0 aliphatic carbocycles. The largest absolute Gasteiger partial charge is 0.496 e. The number of sulfonamides is 1. The third-order valence-corrected chi connectivity index (χ3v) is 4.93. The van der Waals surface area contributed by atoms with Gasteiger partial charge in [-0.3, -0.25) is 4.79 Å². The van der Waals surface area contributed by atoms with Crippen LogP contribution in [0, 0.1) is 0 Å². The van der Waals surface area contributed by atoms with Crippen molar-refractivity contribution in [3.63, 3.8) is 0 Å². The molecule has 1 aromatic carbocycles. The monoisotopic (exact) mass is 313 g/mol. The lowest BCUT2D eigenvalue weighted by atomic mass is 10.1. The van der Waals surface area contributed by atoms with Gasteiger partial charge in [-0.1, -0.05) is 0 Å². The van der Waals surface area contributed by atoms with Crippen molar-refractivity contribution in [2.45, 2.75) is 23.8 Å². The summed E-state index contributed by atoms with van der Waals surface area (Å²) in [6.07, 6.45) is 1.47. The van der Waals surface area contributed by atoms with Crippen LogP contribution in [0.4, 0.5) is 0 Å². The number of nitrogens with one attached hydrogen (secondary N) is 2. The maximum atomic E-state index is 12.4. The second-order valence-corrected chi connectivity index (χ2v) is 6.59. The van der Waals surface area contributed by atoms with Gasteiger partial charge in [-0.2, -0.15) is 0 Å². The van der Waals surface area contributed by atoms with Gasteiger partial charge >= 0.3 is 0 Å². The van der Waals surface area contributed by atoms with Crippen molar-refractivity contribution in [2.24, 2.45) is 5.73 Å². The summed E-state index contributed by atoms with van der Waals surface area (Å²) < 4.78 is 32.4. The lowest BCUT2D eigenvalue weighted by Gasteiger charge is -2.23. The third kappa shape index (κ3) is 3.72. The molecule has 0 radical (unpaired) electrons. The number of primary amides is 1. The third-order valence-electron chi connectivity index (χ3n) is 3.41. The number of ether oxygens (including phenoxy) is 1. The van der Waals surface area contributed by atoms with E-state index in [1.165, 1.54) is 25.3 Å². The fourth-order valence-electron chi connectivity index (χ4n) is 2.27. The smallest absolute Gasteiger partial charge is 0.252 e. The average molecular weight is 313 g/mol. The molecule has 1 fully saturated rings. The Balaban J connectivity index is 2.27. The van der Waals surface area contributed by atoms with Gasteiger partial charge in [0.15, 0.2) is 0 Å². The summed E-state index contributed by atoms with van der Waals surface area (Å²) in [6.45, 7) is 1.56. The molecule has 1 saturated heterocycles. The first-order valence-corrected chi connectivity index (χ1v) is 8.13. The summed E-state index contributed by atoms with van der Waals surface area (Å²) in [5.74, 6) is -0.478. The zero-order valence-corrected chi connectivity index (χ0v) is 12.6. The molecule has 21 heavy (non-hydrogen) atoms. The summed E-state index contributed by atoms with van der Waals surface area (Å²) in [6, 6.07) is 3.96. The summed E-state index contributed by atoms with van der Waals surface area (Å²) in [5, 5.41) is 3.17. The Hall–Kier alpha value is -1.64. The van der Waals surface area contributed by atoms with E-state index in [2.05, 4.69) is 10.0 Å². The van der Waals surface area contributed by atoms with E-state index >= 15 is 0 Å². The van der Waals surface area contributed by atoms with E-state index < -0.39 is 15.9 Å². The van der Waals surface area contributed by atoms with E-state index in [0.717, 1.165) is 25.9 Å². The van der Waals surface area contributed by atoms with Gasteiger partial charge in [0.25, 0.3) is 5.91 Å². The number of carbonyl (C=O) groups is 1. The molecular weight excluding hydrogens is 294 g/mol. The topological polar surface area (TPSA) is 111 Å². The highest BCUT2D eigenvalue weighted by Crippen LogP contribution is 2.22. The van der Waals surface area contributed by atoms with E-state index in [-0.39, 0.29) is 22.3 Å². The first-order valence-electron chi connectivity index (χ1n) is 6.65. The van der Waals surface area contributed by atoms with E-state index in [0.29, 0.717) is 0 Å². The second-order valence-electron chi connectivity index (χ2n) is 4.87. The molecule has 1 aromatic rings. The van der Waals surface area contributed by atoms with Crippen LogP contribution in [0.1, 0.15) is 23.2 Å². The first-order chi connectivity index (χ1) is 9.94. The average Bonchev–Trinajstić information content (AvgIpc) is 2.47. The number of rotatable bonds is 5. The van der Waals surface area contributed by atoms with Crippen LogP contribution >= 0.6 is 0 Å². The molecule has 8 heteroatoms. The number of piperidine rings is 1. The highest BCUT2D eigenvalue weighted by atomic mass is 32.2. The van der Waals surface area contributed by atoms with Crippen LogP contribution in [-0.4, -0.2) is 40.6 Å². The Labute approximate surface area is 123 Å². The lowest BCUT2D eigenvalue weighted by molar-refractivity contribution is 0.0997. The van der Waals surface area contributed by atoms with Gasteiger partial charge in [0.05, 0.1) is 17.6 Å². The van der Waals surface area contributed by atoms with Crippen LogP contribution < -0.4 is 20.5 Å². The van der Waals surface area contributed by atoms with Gasteiger partial charge in [-0.05, 0) is 44.1 Å². The van der Waals surface area contributed by atoms with Crippen LogP contribution in [0.3, 0.4) is 0 Å². The second kappa shape index (κ2) is 6.42. The fraction of sp³-hybridized carbons (Fsp3) is 0.462. The molecule has 0 bridgehead atoms. The molecule has 2 rings (SSSR count). The molecular formula is C13H19N3O4S. The summed E-state index contributed by atoms with van der Waals surface area (Å²) in [4.78, 5) is 11.4. The van der Waals surface area contributed by atoms with Crippen LogP contribution in [0.15, 0.2) is 23.1 Å². The number of nitrogens with two attached hydrogens (primary N) is 1. The molecule has 1 heterocycles. The SMILES string of the molecule is COc1ccc(S(=O)(=O)NC2CCNCC2)cc1C(N)=O. The molecule has 1 amide bonds. The van der Waals surface area contributed by atoms with Crippen LogP contribution in [0.2, 0.25) is 0 Å². The normalized spacial score (nSPS) is 16.6. The van der Waals surface area contributed by atoms with Crippen molar-refractivity contribution in [2.75, 3.05) is 20.2 Å². The maximum Gasteiger partial charge on any atom is 0.252 e. The van der Waals surface area contributed by atoms with Crippen molar-refractivity contribution >= 4 is 15.9 Å². The lowest BCUT2D eigenvalue weighted by Crippen LogP contribution is -2.42. The summed E-state index contributed by atoms with van der Waals surface area (Å²) in [7, 11) is -2.29. The van der Waals surface area contributed by atoms with Crippen LogP contribution in [-0.2, 0) is 10.0 Å². The quantitative estimate of drug-likeness (QED) is 0.698. The minimum absolute atomic E-state index is 0.00985. The molecule has 1 aliphatic heterocycles. The fourth-order valence-corrected chi connectivity index (χ4v) is 3.60. The zero-order chi connectivity index (χ0) is 15.5. The molecule has 0 atom stereocenters. The minimum Gasteiger partial charge on any atom is -0.496 e. The molecule has 0 spiro atoms. The molecule has 7 nitrogen and oxygen atoms in total. The van der Waals surface area contributed by atoms with Gasteiger partial charge < -0.3 is 15.8 Å². The Morgan fingerprint density at radius 3 is 2.62 bits per heavy atom. The van der Waals surface area contributed by atoms with Crippen molar-refractivity contribution in [3.05, 3.63) is 23.8 Å². The predicted molar refractivity (Wildman–Crippen MR) is 77.7 cm³/mol. The Morgan fingerprint density at radius 2 is 2.05 bits per heavy atom. The summed E-state index contributed by atoms with van der Waals surface area (Å²) >= 11 is 0. The van der Waals surface area contributed by atoms with Gasteiger partial charge in [0, 0.05) is 6.04 Å². The van der Waals surface area contributed by atoms with Crippen LogP contribution in [0.25, 0.3) is 0 Å². The van der Waals surface area contributed by atoms with Crippen molar-refractivity contribution in [1.82, 2.24) is 10.0 Å². The van der Waals surface area contributed by atoms with E-state index in [9.17, 15) is 13.2 Å². The zero-order valence-electron chi connectivity index (χ0n) is 11.8. The number of methoxy groups -OCH3 is 1.